The molecule has 7 aromatic rings. The van der Waals surface area contributed by atoms with E-state index in [9.17, 15) is 60.2 Å². The van der Waals surface area contributed by atoms with Crippen molar-refractivity contribution in [3.8, 4) is 0 Å². The van der Waals surface area contributed by atoms with Gasteiger partial charge < -0.3 is 45.8 Å². The van der Waals surface area contributed by atoms with E-state index in [1.807, 2.05) is 72.8 Å². The number of rotatable bonds is 17. The summed E-state index contributed by atoms with van der Waals surface area (Å²) in [6, 6.07) is 40.2. The maximum absolute atomic E-state index is 14.9. The molecular weight excluding hydrogens is 1480 g/mol. The van der Waals surface area contributed by atoms with Crippen LogP contribution in [-0.2, 0) is 35.7 Å². The Hall–Kier alpha value is -9.79. The van der Waals surface area contributed by atoms with E-state index < -0.39 is 99.2 Å². The summed E-state index contributed by atoms with van der Waals surface area (Å²) < 4.78 is 122. The quantitative estimate of drug-likeness (QED) is 0.0254. The van der Waals surface area contributed by atoms with Crippen molar-refractivity contribution < 1.29 is 82.5 Å². The number of nitrogens with zero attached hydrogens (tertiary/aromatic N) is 3. The number of hydrogen-bond acceptors (Lipinski definition) is 12. The Morgan fingerprint density at radius 1 is 0.442 bits per heavy atom. The minimum absolute atomic E-state index is 0. The van der Waals surface area contributed by atoms with Crippen LogP contribution >= 0.6 is 0 Å². The Balaban J connectivity index is 0.000000207. The Kier molecular flexibility index (Phi) is 31.6. The lowest BCUT2D eigenvalue weighted by Crippen LogP contribution is -2.46. The predicted octanol–water partition coefficient (Wildman–Crippen LogP) is 19.5. The predicted molar refractivity (Wildman–Crippen MR) is 427 cm³/mol. The lowest BCUT2D eigenvalue weighted by Gasteiger charge is -2.41. The summed E-state index contributed by atoms with van der Waals surface area (Å²) in [6.45, 7) is 9.72. The number of hydrogen-bond donors (Lipinski definition) is 7. The topological polar surface area (TPSA) is 264 Å². The SMILES string of the molecule is C.C.CCOC(=O)[C@H]1CCCN(C(=O)c2c(C)cccc2F)[C@H]1c1ccc(NC2CCCC2)cc1.Cc1ccc(NC(=O)[C@H]2CCCN(C(=O)c3c(C)cccc3F)[C@H]2c2ccc(NC3CCCC3)cc2)cc1C(F)(F)F.Cc1cccc(F)c1C(=O)N1CCC[C@H](C(=O)O)[C@@H]1c1ccc(NC2CCCC2)cc1.O=S(=O)(O)O. The molecule has 26 heteroatoms. The summed E-state index contributed by atoms with van der Waals surface area (Å²) in [6.07, 6.45) is 13.0. The first-order valence-corrected chi connectivity index (χ1v) is 39.7. The van der Waals surface area contributed by atoms with Gasteiger partial charge in [0.05, 0.1) is 64.7 Å². The van der Waals surface area contributed by atoms with Crippen LogP contribution in [0.4, 0.5) is 49.1 Å². The number of aliphatic carboxylic acids is 1. The third-order valence-electron chi connectivity index (χ3n) is 22.0. The molecular formula is C87H107F6N7O12S. The first-order valence-electron chi connectivity index (χ1n) is 38.3. The van der Waals surface area contributed by atoms with Crippen molar-refractivity contribution >= 4 is 68.7 Å². The number of carbonyl (C=O) groups is 6. The van der Waals surface area contributed by atoms with Gasteiger partial charge in [0.15, 0.2) is 0 Å². The number of amides is 4. The van der Waals surface area contributed by atoms with Crippen molar-refractivity contribution in [3.63, 3.8) is 0 Å². The number of ether oxygens (including phenoxy) is 1. The van der Waals surface area contributed by atoms with Crippen LogP contribution in [0.2, 0.25) is 0 Å². The van der Waals surface area contributed by atoms with E-state index in [0.29, 0.717) is 98.5 Å². The van der Waals surface area contributed by atoms with E-state index in [1.54, 1.807) is 67.8 Å². The zero-order chi connectivity index (χ0) is 79.8. The fourth-order valence-electron chi connectivity index (χ4n) is 16.6. The van der Waals surface area contributed by atoms with Gasteiger partial charge in [-0.25, -0.2) is 13.2 Å². The molecule has 7 N–H and O–H groups in total. The Bertz CT molecular complexity index is 4450. The highest BCUT2D eigenvalue weighted by Crippen LogP contribution is 2.44. The Labute approximate surface area is 659 Å². The molecule has 113 heavy (non-hydrogen) atoms. The molecule has 3 heterocycles. The van der Waals surface area contributed by atoms with Gasteiger partial charge in [0.2, 0.25) is 5.91 Å². The summed E-state index contributed by atoms with van der Waals surface area (Å²) in [5.41, 5.74) is 6.26. The first-order chi connectivity index (χ1) is 53.0. The van der Waals surface area contributed by atoms with Gasteiger partial charge in [0, 0.05) is 60.5 Å². The van der Waals surface area contributed by atoms with E-state index >= 15 is 0 Å². The summed E-state index contributed by atoms with van der Waals surface area (Å²) in [4.78, 5) is 84.2. The highest BCUT2D eigenvalue weighted by molar-refractivity contribution is 7.79. The number of piperidine rings is 3. The molecule has 3 saturated heterocycles. The minimum Gasteiger partial charge on any atom is -0.481 e. The van der Waals surface area contributed by atoms with Crippen LogP contribution in [0.15, 0.2) is 146 Å². The lowest BCUT2D eigenvalue weighted by molar-refractivity contribution is -0.152. The van der Waals surface area contributed by atoms with Crippen molar-refractivity contribution in [1.82, 2.24) is 14.7 Å². The number of carboxylic acids is 1. The number of alkyl halides is 3. The van der Waals surface area contributed by atoms with E-state index in [4.69, 9.17) is 22.3 Å². The number of esters is 1. The van der Waals surface area contributed by atoms with Gasteiger partial charge in [-0.15, -0.1) is 0 Å². The molecule has 19 nitrogen and oxygen atoms in total. The molecule has 3 saturated carbocycles. The third kappa shape index (κ3) is 23.0. The number of carbonyl (C=O) groups excluding carboxylic acids is 5. The molecule has 6 aliphatic rings. The average molecular weight is 1590 g/mol. The molecule has 3 aliphatic carbocycles. The second-order valence-corrected chi connectivity index (χ2v) is 30.6. The van der Waals surface area contributed by atoms with Gasteiger partial charge in [0.25, 0.3) is 17.7 Å². The molecule has 7 aromatic carbocycles. The van der Waals surface area contributed by atoms with Crippen LogP contribution in [0.5, 0.6) is 0 Å². The van der Waals surface area contributed by atoms with Crippen LogP contribution in [0.1, 0.15) is 231 Å². The van der Waals surface area contributed by atoms with E-state index in [1.165, 1.54) is 99.6 Å². The van der Waals surface area contributed by atoms with Crippen molar-refractivity contribution in [1.29, 1.82) is 0 Å². The molecule has 610 valence electrons. The molecule has 3 aliphatic heterocycles. The van der Waals surface area contributed by atoms with Gasteiger partial charge in [-0.05, 0) is 217 Å². The number of nitrogens with one attached hydrogen (secondary N) is 4. The molecule has 0 radical (unpaired) electrons. The van der Waals surface area contributed by atoms with Gasteiger partial charge >= 0.3 is 28.5 Å². The Morgan fingerprint density at radius 2 is 0.752 bits per heavy atom. The molecule has 13 rings (SSSR count). The number of halogens is 6. The highest BCUT2D eigenvalue weighted by Gasteiger charge is 2.45. The number of benzene rings is 7. The van der Waals surface area contributed by atoms with Crippen LogP contribution in [-0.4, -0.2) is 117 Å². The van der Waals surface area contributed by atoms with E-state index in [-0.39, 0.29) is 61.3 Å². The Morgan fingerprint density at radius 3 is 1.07 bits per heavy atom. The van der Waals surface area contributed by atoms with Crippen molar-refractivity contribution in [2.75, 3.05) is 47.5 Å². The van der Waals surface area contributed by atoms with Crippen LogP contribution in [0, 0.1) is 62.9 Å². The summed E-state index contributed by atoms with van der Waals surface area (Å²) >= 11 is 0. The van der Waals surface area contributed by atoms with Crippen molar-refractivity contribution in [2.45, 2.75) is 207 Å². The van der Waals surface area contributed by atoms with Crippen LogP contribution < -0.4 is 21.3 Å². The first kappa shape index (κ1) is 88.8. The lowest BCUT2D eigenvalue weighted by atomic mass is 9.83. The second kappa shape index (κ2) is 40.3. The maximum Gasteiger partial charge on any atom is 0.416 e. The van der Waals surface area contributed by atoms with Crippen molar-refractivity contribution in [3.05, 3.63) is 224 Å². The van der Waals surface area contributed by atoms with Gasteiger partial charge in [-0.1, -0.05) is 132 Å². The number of aryl methyl sites for hydroxylation is 4. The number of carboxylic acid groups (broad SMARTS) is 1. The molecule has 6 atom stereocenters. The molecule has 0 spiro atoms. The minimum atomic E-state index is -4.67. The standard InChI is InChI=1S/C33H35F4N3O2.C27H33FN2O3.C25H29FN2O3.2CH4.H2O4S/c1-20-12-15-25(19-27(20)33(35,36)37)39-31(41)26-10-6-18-40(32(42)29-21(2)7-5-11-28(29)34)30(26)22-13-16-24(17-14-22)38-23-8-3-4-9-23;1-3-33-27(32)22-11-7-17-30(26(31)24-18(2)8-6-12-23(24)28)25(22)19-13-15-21(16-14-19)29-20-9-4-5-10-20;1-16-6-4-10-21(26)22(16)24(29)28-15-5-9-20(25(30)31)23(28)17-11-13-19(14-12-17)27-18-7-2-3-8-18;;;1-5(2,3)4/h5,7,11-17,19,23,26,30,38H,3-4,6,8-10,18H2,1-2H3,(H,39,41);6,8,12-16,20,22,25,29H,3-5,7,9-11,17H2,1-2H3;4,6,10-14,18,20,23,27H,2-3,5,7-9,15H2,1H3,(H,30,31);2*1H4;(H2,1,2,3,4)/t26-,30-;22-,25-;20-,23-;;;/m000.../s1. The zero-order valence-corrected chi connectivity index (χ0v) is 64.0. The summed E-state index contributed by atoms with van der Waals surface area (Å²) in [7, 11) is -4.67. The molecule has 4 amide bonds. The monoisotopic (exact) mass is 1590 g/mol. The maximum atomic E-state index is 14.9. The molecule has 0 bridgehead atoms. The fraction of sp³-hybridized carbons (Fsp3) is 0.448. The van der Waals surface area contributed by atoms with Gasteiger partial charge in [-0.3, -0.25) is 37.9 Å². The summed E-state index contributed by atoms with van der Waals surface area (Å²) in [5.74, 6) is -6.78. The average Bonchev–Trinajstić information content (AvgIpc) is 1.76. The van der Waals surface area contributed by atoms with Gasteiger partial charge in [-0.2, -0.15) is 21.6 Å². The van der Waals surface area contributed by atoms with Crippen molar-refractivity contribution in [2.24, 2.45) is 17.8 Å². The molecule has 0 aromatic heterocycles. The number of likely N-dealkylation sites (tertiary alicyclic amines) is 3. The van der Waals surface area contributed by atoms with E-state index in [2.05, 4.69) is 21.3 Å². The van der Waals surface area contributed by atoms with Gasteiger partial charge in [0.1, 0.15) is 17.5 Å². The molecule has 0 unspecified atom stereocenters. The largest absolute Gasteiger partial charge is 0.481 e. The molecule has 6 fully saturated rings. The van der Waals surface area contributed by atoms with Crippen LogP contribution in [0.25, 0.3) is 0 Å². The smallest absolute Gasteiger partial charge is 0.416 e. The van der Waals surface area contributed by atoms with Crippen LogP contribution in [0.3, 0.4) is 0 Å². The highest BCUT2D eigenvalue weighted by atomic mass is 32.3. The second-order valence-electron chi connectivity index (χ2n) is 29.7. The zero-order valence-electron chi connectivity index (χ0n) is 63.1. The summed E-state index contributed by atoms with van der Waals surface area (Å²) in [5, 5.41) is 23.2. The fourth-order valence-corrected chi connectivity index (χ4v) is 16.6. The third-order valence-corrected chi connectivity index (χ3v) is 22.0. The van der Waals surface area contributed by atoms with E-state index in [0.717, 1.165) is 59.9 Å². The number of anilines is 4. The normalized spacial score (nSPS) is 19.9.